The van der Waals surface area contributed by atoms with Crippen LogP contribution in [-0.4, -0.2) is 24.2 Å². The van der Waals surface area contributed by atoms with Gasteiger partial charge in [0.15, 0.2) is 0 Å². The van der Waals surface area contributed by atoms with Crippen molar-refractivity contribution in [1.29, 1.82) is 0 Å². The molecule has 0 radical (unpaired) electrons. The first kappa shape index (κ1) is 18.1. The molecule has 0 aliphatic rings. The number of esters is 1. The zero-order valence-electron chi connectivity index (χ0n) is 14.8. The largest absolute Gasteiger partial charge is 0.478 e. The Hall–Kier alpha value is -3.66. The maximum atomic E-state index is 11.4. The Balaban J connectivity index is 0.000000156. The number of aromatic carboxylic acids is 1. The van der Waals surface area contributed by atoms with Gasteiger partial charge in [-0.3, -0.25) is 0 Å². The second-order valence-corrected chi connectivity index (χ2v) is 5.85. The van der Waals surface area contributed by atoms with Crippen LogP contribution in [0.3, 0.4) is 0 Å². The summed E-state index contributed by atoms with van der Waals surface area (Å²) in [6.07, 6.45) is 0. The van der Waals surface area contributed by atoms with Gasteiger partial charge in [-0.15, -0.1) is 0 Å². The van der Waals surface area contributed by atoms with Crippen molar-refractivity contribution >= 4 is 33.5 Å². The maximum absolute atomic E-state index is 11.4. The highest BCUT2D eigenvalue weighted by molar-refractivity contribution is 6.04. The third kappa shape index (κ3) is 3.96. The quantitative estimate of drug-likeness (QED) is 0.503. The van der Waals surface area contributed by atoms with Crippen molar-refractivity contribution in [2.24, 2.45) is 0 Å². The molecule has 0 heterocycles. The smallest absolute Gasteiger partial charge is 0.338 e. The highest BCUT2D eigenvalue weighted by atomic mass is 16.5. The van der Waals surface area contributed by atoms with E-state index in [0.29, 0.717) is 11.1 Å². The third-order valence-electron chi connectivity index (χ3n) is 4.21. The molecule has 0 saturated heterocycles. The van der Waals surface area contributed by atoms with Crippen LogP contribution in [0.2, 0.25) is 0 Å². The molecule has 4 aromatic rings. The van der Waals surface area contributed by atoms with E-state index in [1.54, 1.807) is 18.2 Å². The fraction of sp³-hybridized carbons (Fsp3) is 0.0435. The van der Waals surface area contributed by atoms with Gasteiger partial charge in [-0.05, 0) is 33.7 Å². The van der Waals surface area contributed by atoms with Crippen molar-refractivity contribution in [2.45, 2.75) is 0 Å². The predicted molar refractivity (Wildman–Crippen MR) is 106 cm³/mol. The van der Waals surface area contributed by atoms with Gasteiger partial charge in [0.2, 0.25) is 0 Å². The van der Waals surface area contributed by atoms with E-state index in [9.17, 15) is 9.59 Å². The number of hydrogen-bond acceptors (Lipinski definition) is 3. The Bertz CT molecular complexity index is 1100. The van der Waals surface area contributed by atoms with Crippen LogP contribution < -0.4 is 0 Å². The first-order chi connectivity index (χ1) is 13.1. The van der Waals surface area contributed by atoms with Gasteiger partial charge in [-0.2, -0.15) is 0 Å². The molecule has 0 bridgehead atoms. The summed E-state index contributed by atoms with van der Waals surface area (Å²) in [6, 6.07) is 26.1. The van der Waals surface area contributed by atoms with E-state index in [2.05, 4.69) is 0 Å². The minimum absolute atomic E-state index is 0.290. The summed E-state index contributed by atoms with van der Waals surface area (Å²) in [7, 11) is 1.39. The molecule has 4 nitrogen and oxygen atoms in total. The zero-order valence-corrected chi connectivity index (χ0v) is 14.8. The molecule has 0 saturated carbocycles. The fourth-order valence-electron chi connectivity index (χ4n) is 2.93. The van der Waals surface area contributed by atoms with E-state index in [0.717, 1.165) is 21.5 Å². The molecule has 0 unspecified atom stereocenters. The van der Waals surface area contributed by atoms with Gasteiger partial charge in [0, 0.05) is 0 Å². The molecule has 1 N–H and O–H groups in total. The molecular formula is C23H18O4. The Morgan fingerprint density at radius 2 is 1.11 bits per heavy atom. The zero-order chi connectivity index (χ0) is 19.2. The number of hydrogen-bond donors (Lipinski definition) is 1. The van der Waals surface area contributed by atoms with Crippen LogP contribution in [0.4, 0.5) is 0 Å². The second kappa shape index (κ2) is 8.15. The molecule has 0 fully saturated rings. The van der Waals surface area contributed by atoms with Crippen molar-refractivity contribution in [3.8, 4) is 0 Å². The monoisotopic (exact) mass is 358 g/mol. The lowest BCUT2D eigenvalue weighted by molar-refractivity contribution is 0.0602. The minimum atomic E-state index is -0.878. The molecule has 134 valence electrons. The van der Waals surface area contributed by atoms with Crippen LogP contribution in [-0.2, 0) is 4.74 Å². The molecular weight excluding hydrogens is 340 g/mol. The van der Waals surface area contributed by atoms with Crippen LogP contribution in [0, 0.1) is 0 Å². The van der Waals surface area contributed by atoms with Gasteiger partial charge >= 0.3 is 11.9 Å². The molecule has 0 amide bonds. The highest BCUT2D eigenvalue weighted by Gasteiger charge is 2.08. The molecule has 0 atom stereocenters. The lowest BCUT2D eigenvalue weighted by atomic mass is 10.1. The van der Waals surface area contributed by atoms with Crippen LogP contribution in [0.5, 0.6) is 0 Å². The van der Waals surface area contributed by atoms with Crippen molar-refractivity contribution in [1.82, 2.24) is 0 Å². The molecule has 4 heteroatoms. The van der Waals surface area contributed by atoms with Crippen molar-refractivity contribution in [3.63, 3.8) is 0 Å². The summed E-state index contributed by atoms with van der Waals surface area (Å²) < 4.78 is 4.71. The lowest BCUT2D eigenvalue weighted by Gasteiger charge is -2.03. The summed E-state index contributed by atoms with van der Waals surface area (Å²) in [4.78, 5) is 22.2. The van der Waals surface area contributed by atoms with Crippen molar-refractivity contribution in [3.05, 3.63) is 96.1 Å². The lowest BCUT2D eigenvalue weighted by Crippen LogP contribution is -2.01. The number of ether oxygens (including phenoxy) is 1. The van der Waals surface area contributed by atoms with Crippen LogP contribution in [0.15, 0.2) is 84.9 Å². The number of carbonyl (C=O) groups excluding carboxylic acids is 1. The van der Waals surface area contributed by atoms with Crippen LogP contribution >= 0.6 is 0 Å². The molecule has 4 aromatic carbocycles. The van der Waals surface area contributed by atoms with E-state index in [1.165, 1.54) is 7.11 Å². The number of fused-ring (bicyclic) bond motifs is 2. The van der Waals surface area contributed by atoms with Gasteiger partial charge in [0.05, 0.1) is 18.2 Å². The van der Waals surface area contributed by atoms with Gasteiger partial charge in [0.25, 0.3) is 0 Å². The van der Waals surface area contributed by atoms with E-state index in [1.807, 2.05) is 66.7 Å². The predicted octanol–water partition coefficient (Wildman–Crippen LogP) is 5.16. The first-order valence-electron chi connectivity index (χ1n) is 8.39. The standard InChI is InChI=1S/C12H10O2.C11H8O2/c1-14-12(13)11-8-4-6-9-5-2-3-7-10(9)11;12-11(13)10-7-3-5-8-4-1-2-6-9(8)10/h2-8H,1H3;1-7H,(H,12,13). The Morgan fingerprint density at radius 3 is 1.63 bits per heavy atom. The summed E-state index contributed by atoms with van der Waals surface area (Å²) >= 11 is 0. The summed E-state index contributed by atoms with van der Waals surface area (Å²) in [6.45, 7) is 0. The topological polar surface area (TPSA) is 63.6 Å². The van der Waals surface area contributed by atoms with Crippen LogP contribution in [0.1, 0.15) is 20.7 Å². The number of rotatable bonds is 2. The average molecular weight is 358 g/mol. The second-order valence-electron chi connectivity index (χ2n) is 5.85. The molecule has 0 spiro atoms. The highest BCUT2D eigenvalue weighted by Crippen LogP contribution is 2.19. The summed E-state index contributed by atoms with van der Waals surface area (Å²) in [5.41, 5.74) is 0.976. The van der Waals surface area contributed by atoms with Crippen molar-refractivity contribution < 1.29 is 19.4 Å². The van der Waals surface area contributed by atoms with E-state index in [4.69, 9.17) is 9.84 Å². The van der Waals surface area contributed by atoms with Gasteiger partial charge in [-0.25, -0.2) is 9.59 Å². The number of carboxylic acid groups (broad SMARTS) is 1. The normalized spacial score (nSPS) is 10.1. The van der Waals surface area contributed by atoms with Crippen molar-refractivity contribution in [2.75, 3.05) is 7.11 Å². The third-order valence-corrected chi connectivity index (χ3v) is 4.21. The molecule has 27 heavy (non-hydrogen) atoms. The van der Waals surface area contributed by atoms with Crippen LogP contribution in [0.25, 0.3) is 21.5 Å². The average Bonchev–Trinajstić information content (AvgIpc) is 2.72. The number of carboxylic acids is 1. The van der Waals surface area contributed by atoms with E-state index < -0.39 is 5.97 Å². The summed E-state index contributed by atoms with van der Waals surface area (Å²) in [5, 5.41) is 12.6. The van der Waals surface area contributed by atoms with E-state index >= 15 is 0 Å². The molecule has 0 aliphatic heterocycles. The molecule has 0 aliphatic carbocycles. The number of benzene rings is 4. The minimum Gasteiger partial charge on any atom is -0.478 e. The van der Waals surface area contributed by atoms with Gasteiger partial charge in [0.1, 0.15) is 0 Å². The molecule has 4 rings (SSSR count). The Kier molecular flexibility index (Phi) is 5.47. The number of carbonyl (C=O) groups is 2. The molecule has 0 aromatic heterocycles. The number of methoxy groups -OCH3 is 1. The Morgan fingerprint density at radius 1 is 0.667 bits per heavy atom. The summed E-state index contributed by atoms with van der Waals surface area (Å²) in [5.74, 6) is -1.17. The first-order valence-corrected chi connectivity index (χ1v) is 8.39. The maximum Gasteiger partial charge on any atom is 0.338 e. The Labute approximate surface area is 156 Å². The SMILES string of the molecule is COC(=O)c1cccc2ccccc12.O=C(O)c1cccc2ccccc12. The fourth-order valence-corrected chi connectivity index (χ4v) is 2.93. The van der Waals surface area contributed by atoms with E-state index in [-0.39, 0.29) is 5.97 Å². The van der Waals surface area contributed by atoms with Gasteiger partial charge in [-0.1, -0.05) is 72.8 Å². The van der Waals surface area contributed by atoms with Gasteiger partial charge < -0.3 is 9.84 Å².